The van der Waals surface area contributed by atoms with Gasteiger partial charge in [0.15, 0.2) is 11.6 Å². The van der Waals surface area contributed by atoms with E-state index in [9.17, 15) is 9.18 Å². The first-order valence-electron chi connectivity index (χ1n) is 8.15. The molecular weight excluding hydrogens is 307 g/mol. The summed E-state index contributed by atoms with van der Waals surface area (Å²) < 4.78 is 24.5. The third-order valence-electron chi connectivity index (χ3n) is 4.35. The van der Waals surface area contributed by atoms with E-state index in [0.29, 0.717) is 5.92 Å². The van der Waals surface area contributed by atoms with Crippen molar-refractivity contribution in [1.82, 2.24) is 0 Å². The molecule has 0 radical (unpaired) electrons. The summed E-state index contributed by atoms with van der Waals surface area (Å²) in [5.41, 5.74) is 3.91. The van der Waals surface area contributed by atoms with Crippen LogP contribution in [0.3, 0.4) is 0 Å². The fourth-order valence-corrected chi connectivity index (χ4v) is 2.87. The van der Waals surface area contributed by atoms with Crippen LogP contribution in [0.15, 0.2) is 36.4 Å². The summed E-state index contributed by atoms with van der Waals surface area (Å²) in [7, 11) is 1.38. The van der Waals surface area contributed by atoms with Crippen LogP contribution in [0, 0.1) is 12.7 Å². The van der Waals surface area contributed by atoms with E-state index in [4.69, 9.17) is 9.47 Å². The minimum atomic E-state index is -0.367. The Morgan fingerprint density at radius 2 is 2.04 bits per heavy atom. The molecular formula is C20H21FO3. The van der Waals surface area contributed by atoms with Gasteiger partial charge in [0, 0.05) is 0 Å². The van der Waals surface area contributed by atoms with Gasteiger partial charge in [-0.2, -0.15) is 0 Å². The molecule has 24 heavy (non-hydrogen) atoms. The van der Waals surface area contributed by atoms with Gasteiger partial charge < -0.3 is 9.47 Å². The second-order valence-corrected chi connectivity index (χ2v) is 6.23. The number of hydrogen-bond acceptors (Lipinski definition) is 3. The van der Waals surface area contributed by atoms with Gasteiger partial charge in [-0.1, -0.05) is 24.3 Å². The highest BCUT2D eigenvalue weighted by molar-refractivity contribution is 5.73. The van der Waals surface area contributed by atoms with E-state index in [1.807, 2.05) is 25.1 Å². The molecule has 0 atom stereocenters. The first-order valence-corrected chi connectivity index (χ1v) is 8.15. The predicted octanol–water partition coefficient (Wildman–Crippen LogP) is 4.31. The lowest BCUT2D eigenvalue weighted by Crippen LogP contribution is -2.10. The predicted molar refractivity (Wildman–Crippen MR) is 89.6 cm³/mol. The van der Waals surface area contributed by atoms with Gasteiger partial charge in [0.2, 0.25) is 0 Å². The molecule has 0 saturated heterocycles. The summed E-state index contributed by atoms with van der Waals surface area (Å²) in [6, 6.07) is 10.9. The summed E-state index contributed by atoms with van der Waals surface area (Å²) in [6.07, 6.45) is 2.49. The third kappa shape index (κ3) is 3.75. The minimum Gasteiger partial charge on any atom is -0.486 e. The standard InChI is InChI=1S/C20H21FO3/c1-13-6-9-19(18(21)10-13)24-12-17-15(11-20(22)23-2)4-3-5-16(17)14-7-8-14/h3-6,9-10,14H,7-8,11-12H2,1-2H3. The van der Waals surface area contributed by atoms with Crippen LogP contribution in [0.1, 0.15) is 41.0 Å². The number of aryl methyl sites for hydroxylation is 1. The van der Waals surface area contributed by atoms with E-state index in [0.717, 1.165) is 29.5 Å². The SMILES string of the molecule is COC(=O)Cc1cccc(C2CC2)c1COc1ccc(C)cc1F. The van der Waals surface area contributed by atoms with Gasteiger partial charge in [0.25, 0.3) is 0 Å². The molecule has 0 amide bonds. The van der Waals surface area contributed by atoms with Crippen LogP contribution in [-0.4, -0.2) is 13.1 Å². The molecule has 4 heteroatoms. The van der Waals surface area contributed by atoms with E-state index in [-0.39, 0.29) is 30.6 Å². The summed E-state index contributed by atoms with van der Waals surface area (Å²) in [6.45, 7) is 2.09. The maximum atomic E-state index is 14.0. The molecule has 1 saturated carbocycles. The van der Waals surface area contributed by atoms with E-state index >= 15 is 0 Å². The maximum Gasteiger partial charge on any atom is 0.309 e. The Hall–Kier alpha value is -2.36. The molecule has 0 unspecified atom stereocenters. The normalized spacial score (nSPS) is 13.6. The Labute approximate surface area is 141 Å². The van der Waals surface area contributed by atoms with Crippen molar-refractivity contribution in [2.75, 3.05) is 7.11 Å². The van der Waals surface area contributed by atoms with Crippen LogP contribution in [0.5, 0.6) is 5.75 Å². The van der Waals surface area contributed by atoms with Gasteiger partial charge in [-0.15, -0.1) is 0 Å². The fourth-order valence-electron chi connectivity index (χ4n) is 2.87. The van der Waals surface area contributed by atoms with Crippen molar-refractivity contribution < 1.29 is 18.7 Å². The summed E-state index contributed by atoms with van der Waals surface area (Å²) in [5.74, 6) is 0.0958. The molecule has 0 N–H and O–H groups in total. The molecule has 3 nitrogen and oxygen atoms in total. The molecule has 1 fully saturated rings. The monoisotopic (exact) mass is 328 g/mol. The van der Waals surface area contributed by atoms with E-state index in [1.54, 1.807) is 6.07 Å². The Balaban J connectivity index is 1.85. The minimum absolute atomic E-state index is 0.201. The molecule has 0 spiro atoms. The molecule has 126 valence electrons. The Morgan fingerprint density at radius 1 is 1.25 bits per heavy atom. The quantitative estimate of drug-likeness (QED) is 0.742. The van der Waals surface area contributed by atoms with Crippen molar-refractivity contribution >= 4 is 5.97 Å². The first kappa shape index (κ1) is 16.5. The first-order chi connectivity index (χ1) is 11.6. The third-order valence-corrected chi connectivity index (χ3v) is 4.35. The van der Waals surface area contributed by atoms with Gasteiger partial charge in [-0.25, -0.2) is 4.39 Å². The van der Waals surface area contributed by atoms with Crippen LogP contribution < -0.4 is 4.74 Å². The van der Waals surface area contributed by atoms with Crippen LogP contribution in [0.4, 0.5) is 4.39 Å². The zero-order chi connectivity index (χ0) is 17.1. The second kappa shape index (κ2) is 7.04. The van der Waals surface area contributed by atoms with Gasteiger partial charge >= 0.3 is 5.97 Å². The van der Waals surface area contributed by atoms with E-state index in [1.165, 1.54) is 18.7 Å². The molecule has 0 bridgehead atoms. The van der Waals surface area contributed by atoms with Crippen LogP contribution in [0.25, 0.3) is 0 Å². The smallest absolute Gasteiger partial charge is 0.309 e. The summed E-state index contributed by atoms with van der Waals surface area (Å²) >= 11 is 0. The molecule has 0 aliphatic heterocycles. The average molecular weight is 328 g/mol. The number of rotatable bonds is 6. The highest BCUT2D eigenvalue weighted by atomic mass is 19.1. The second-order valence-electron chi connectivity index (χ2n) is 6.23. The molecule has 1 aliphatic rings. The van der Waals surface area contributed by atoms with Crippen LogP contribution in [-0.2, 0) is 22.6 Å². The molecule has 3 rings (SSSR count). The summed E-state index contributed by atoms with van der Waals surface area (Å²) in [5, 5.41) is 0. The van der Waals surface area contributed by atoms with E-state index in [2.05, 4.69) is 6.07 Å². The van der Waals surface area contributed by atoms with Gasteiger partial charge in [-0.05, 0) is 60.1 Å². The zero-order valence-electron chi connectivity index (χ0n) is 14.0. The van der Waals surface area contributed by atoms with Crippen molar-refractivity contribution in [2.45, 2.75) is 38.7 Å². The molecule has 2 aromatic carbocycles. The Morgan fingerprint density at radius 3 is 2.71 bits per heavy atom. The highest BCUT2D eigenvalue weighted by Gasteiger charge is 2.27. The van der Waals surface area contributed by atoms with Crippen molar-refractivity contribution in [3.8, 4) is 5.75 Å². The lowest BCUT2D eigenvalue weighted by molar-refractivity contribution is -0.139. The van der Waals surface area contributed by atoms with Crippen molar-refractivity contribution in [3.05, 3.63) is 64.5 Å². The van der Waals surface area contributed by atoms with Gasteiger partial charge in [0.05, 0.1) is 13.5 Å². The van der Waals surface area contributed by atoms with Crippen molar-refractivity contribution in [3.63, 3.8) is 0 Å². The highest BCUT2D eigenvalue weighted by Crippen LogP contribution is 2.42. The molecule has 1 aliphatic carbocycles. The topological polar surface area (TPSA) is 35.5 Å². The van der Waals surface area contributed by atoms with Gasteiger partial charge in [-0.3, -0.25) is 4.79 Å². The largest absolute Gasteiger partial charge is 0.486 e. The van der Waals surface area contributed by atoms with E-state index < -0.39 is 0 Å². The molecule has 0 aromatic heterocycles. The van der Waals surface area contributed by atoms with Gasteiger partial charge in [0.1, 0.15) is 6.61 Å². The van der Waals surface area contributed by atoms with Crippen LogP contribution >= 0.6 is 0 Å². The molecule has 2 aromatic rings. The van der Waals surface area contributed by atoms with Crippen LogP contribution in [0.2, 0.25) is 0 Å². The Kier molecular flexibility index (Phi) is 4.84. The number of esters is 1. The number of hydrogen-bond donors (Lipinski definition) is 0. The van der Waals surface area contributed by atoms with Crippen molar-refractivity contribution in [2.24, 2.45) is 0 Å². The number of halogens is 1. The average Bonchev–Trinajstić information content (AvgIpc) is 3.39. The fraction of sp³-hybridized carbons (Fsp3) is 0.350. The lowest BCUT2D eigenvalue weighted by Gasteiger charge is -2.15. The number of carbonyl (C=O) groups is 1. The lowest BCUT2D eigenvalue weighted by atomic mass is 9.96. The number of ether oxygens (including phenoxy) is 2. The number of carbonyl (C=O) groups excluding carboxylic acids is 1. The maximum absolute atomic E-state index is 14.0. The number of benzene rings is 2. The zero-order valence-corrected chi connectivity index (χ0v) is 14.0. The summed E-state index contributed by atoms with van der Waals surface area (Å²) in [4.78, 5) is 11.7. The molecule has 0 heterocycles. The Bertz CT molecular complexity index is 751. The number of methoxy groups -OCH3 is 1. The van der Waals surface area contributed by atoms with Crippen molar-refractivity contribution in [1.29, 1.82) is 0 Å².